The summed E-state index contributed by atoms with van der Waals surface area (Å²) in [5.74, 6) is -0.836. The highest BCUT2D eigenvalue weighted by Crippen LogP contribution is 2.13. The van der Waals surface area contributed by atoms with Gasteiger partial charge in [-0.05, 0) is 6.07 Å². The summed E-state index contributed by atoms with van der Waals surface area (Å²) < 4.78 is 32.1. The molecule has 0 saturated carbocycles. The third-order valence-corrected chi connectivity index (χ3v) is 3.81. The molecule has 9 heteroatoms. The Morgan fingerprint density at radius 2 is 2.32 bits per heavy atom. The van der Waals surface area contributed by atoms with Gasteiger partial charge in [-0.1, -0.05) is 5.16 Å². The van der Waals surface area contributed by atoms with Gasteiger partial charge in [0.15, 0.2) is 5.76 Å². The Bertz CT molecular complexity index is 687. The van der Waals surface area contributed by atoms with Crippen LogP contribution in [0.3, 0.4) is 0 Å². The lowest BCUT2D eigenvalue weighted by atomic mass is 10.4. The fourth-order valence-electron chi connectivity index (χ4n) is 1.48. The third-order valence-electron chi connectivity index (χ3n) is 2.44. The summed E-state index contributed by atoms with van der Waals surface area (Å²) in [6.07, 6.45) is 2.63. The molecule has 0 aromatic carbocycles. The van der Waals surface area contributed by atoms with Gasteiger partial charge in [-0.2, -0.15) is 0 Å². The van der Waals surface area contributed by atoms with Gasteiger partial charge in [-0.3, -0.25) is 0 Å². The zero-order valence-electron chi connectivity index (χ0n) is 9.90. The van der Waals surface area contributed by atoms with Crippen molar-refractivity contribution in [3.8, 4) is 0 Å². The molecule has 0 unspecified atom stereocenters. The van der Waals surface area contributed by atoms with Gasteiger partial charge in [-0.15, -0.1) is 0 Å². The maximum absolute atomic E-state index is 11.9. The molecule has 0 aliphatic carbocycles. The quantitative estimate of drug-likeness (QED) is 0.810. The van der Waals surface area contributed by atoms with E-state index in [0.29, 0.717) is 5.76 Å². The summed E-state index contributed by atoms with van der Waals surface area (Å²) in [5.41, 5.74) is -0.111. The second-order valence-corrected chi connectivity index (χ2v) is 5.55. The van der Waals surface area contributed by atoms with Crippen molar-refractivity contribution < 1.29 is 22.8 Å². The molecule has 19 heavy (non-hydrogen) atoms. The van der Waals surface area contributed by atoms with Crippen LogP contribution >= 0.6 is 0 Å². The fraction of sp³-hybridized carbons (Fsp3) is 0.200. The summed E-state index contributed by atoms with van der Waals surface area (Å²) in [7, 11) is -2.34. The van der Waals surface area contributed by atoms with Crippen LogP contribution in [0.1, 0.15) is 16.2 Å². The van der Waals surface area contributed by atoms with Crippen LogP contribution in [0.15, 0.2) is 33.9 Å². The lowest BCUT2D eigenvalue weighted by Gasteiger charge is -2.01. The smallest absolute Gasteiger partial charge is 0.352 e. The number of hydrogen-bond donors (Lipinski definition) is 2. The highest BCUT2D eigenvalue weighted by molar-refractivity contribution is 7.89. The molecular formula is C10H11N3O5S. The van der Waals surface area contributed by atoms with Crippen LogP contribution in [-0.4, -0.2) is 29.2 Å². The second-order valence-electron chi connectivity index (χ2n) is 3.78. The van der Waals surface area contributed by atoms with Gasteiger partial charge in [0.2, 0.25) is 10.0 Å². The predicted octanol–water partition coefficient (Wildman–Crippen LogP) is 0.190. The number of aryl methyl sites for hydroxylation is 1. The molecular weight excluding hydrogens is 274 g/mol. The van der Waals surface area contributed by atoms with Crippen molar-refractivity contribution in [2.45, 2.75) is 11.4 Å². The van der Waals surface area contributed by atoms with Crippen molar-refractivity contribution in [1.29, 1.82) is 0 Å². The van der Waals surface area contributed by atoms with Crippen molar-refractivity contribution in [3.05, 3.63) is 36.0 Å². The van der Waals surface area contributed by atoms with Gasteiger partial charge < -0.3 is 14.2 Å². The first-order valence-electron chi connectivity index (χ1n) is 5.19. The molecule has 2 rings (SSSR count). The highest BCUT2D eigenvalue weighted by atomic mass is 32.2. The molecule has 0 saturated heterocycles. The topological polar surface area (TPSA) is 114 Å². The molecule has 2 heterocycles. The van der Waals surface area contributed by atoms with E-state index in [1.54, 1.807) is 0 Å². The SMILES string of the molecule is Cn1cc(S(=O)(=O)NCc2ccno2)cc1C(=O)O. The molecule has 0 fully saturated rings. The minimum Gasteiger partial charge on any atom is -0.477 e. The van der Waals surface area contributed by atoms with Crippen LogP contribution < -0.4 is 4.72 Å². The normalized spacial score (nSPS) is 11.6. The number of hydrogen-bond acceptors (Lipinski definition) is 5. The number of aromatic carboxylic acids is 1. The Labute approximate surface area is 108 Å². The Morgan fingerprint density at radius 1 is 1.58 bits per heavy atom. The molecule has 0 aliphatic rings. The summed E-state index contributed by atoms with van der Waals surface area (Å²) in [5, 5.41) is 12.3. The number of aromatic nitrogens is 2. The lowest BCUT2D eigenvalue weighted by Crippen LogP contribution is -2.22. The summed E-state index contributed by atoms with van der Waals surface area (Å²) in [6, 6.07) is 2.61. The van der Waals surface area contributed by atoms with E-state index >= 15 is 0 Å². The molecule has 102 valence electrons. The monoisotopic (exact) mass is 285 g/mol. The summed E-state index contributed by atoms with van der Waals surface area (Å²) in [4.78, 5) is 10.7. The van der Waals surface area contributed by atoms with E-state index in [2.05, 4.69) is 9.88 Å². The van der Waals surface area contributed by atoms with E-state index in [1.807, 2.05) is 0 Å². The van der Waals surface area contributed by atoms with Crippen LogP contribution in [-0.2, 0) is 23.6 Å². The summed E-state index contributed by atoms with van der Waals surface area (Å²) >= 11 is 0. The van der Waals surface area contributed by atoms with Crippen molar-refractivity contribution in [2.24, 2.45) is 7.05 Å². The first-order valence-corrected chi connectivity index (χ1v) is 6.67. The van der Waals surface area contributed by atoms with Crippen LogP contribution in [0.2, 0.25) is 0 Å². The second kappa shape index (κ2) is 4.86. The molecule has 2 aromatic heterocycles. The maximum atomic E-state index is 11.9. The molecule has 8 nitrogen and oxygen atoms in total. The van der Waals surface area contributed by atoms with E-state index < -0.39 is 16.0 Å². The van der Waals surface area contributed by atoms with Crippen LogP contribution in [0.4, 0.5) is 0 Å². The molecule has 2 aromatic rings. The van der Waals surface area contributed by atoms with E-state index in [-0.39, 0.29) is 17.1 Å². The third kappa shape index (κ3) is 2.83. The summed E-state index contributed by atoms with van der Waals surface area (Å²) in [6.45, 7) is -0.0559. The Hall–Kier alpha value is -2.13. The van der Waals surface area contributed by atoms with Crippen molar-refractivity contribution in [3.63, 3.8) is 0 Å². The average molecular weight is 285 g/mol. The van der Waals surface area contributed by atoms with Gasteiger partial charge in [0.05, 0.1) is 12.7 Å². The largest absolute Gasteiger partial charge is 0.477 e. The zero-order chi connectivity index (χ0) is 14.0. The maximum Gasteiger partial charge on any atom is 0.352 e. The van der Waals surface area contributed by atoms with Gasteiger partial charge >= 0.3 is 5.97 Å². The van der Waals surface area contributed by atoms with Gasteiger partial charge in [0, 0.05) is 19.3 Å². The van der Waals surface area contributed by atoms with Crippen molar-refractivity contribution in [2.75, 3.05) is 0 Å². The number of carbonyl (C=O) groups is 1. The number of rotatable bonds is 5. The Balaban J connectivity index is 2.20. The van der Waals surface area contributed by atoms with Crippen molar-refractivity contribution >= 4 is 16.0 Å². The number of sulfonamides is 1. The fourth-order valence-corrected chi connectivity index (χ4v) is 2.54. The average Bonchev–Trinajstić information content (AvgIpc) is 2.95. The molecule has 2 N–H and O–H groups in total. The first kappa shape index (κ1) is 13.3. The Morgan fingerprint density at radius 3 is 2.84 bits per heavy atom. The number of carboxylic acids is 1. The number of nitrogens with zero attached hydrogens (tertiary/aromatic N) is 2. The van der Waals surface area contributed by atoms with Crippen LogP contribution in [0.5, 0.6) is 0 Å². The van der Waals surface area contributed by atoms with E-state index in [0.717, 1.165) is 6.07 Å². The number of nitrogens with one attached hydrogen (secondary N) is 1. The minimum atomic E-state index is -3.79. The minimum absolute atomic E-state index is 0.0559. The number of carboxylic acid groups (broad SMARTS) is 1. The molecule has 0 aliphatic heterocycles. The van der Waals surface area contributed by atoms with E-state index in [4.69, 9.17) is 9.63 Å². The van der Waals surface area contributed by atoms with Crippen LogP contribution in [0, 0.1) is 0 Å². The molecule has 0 bridgehead atoms. The highest BCUT2D eigenvalue weighted by Gasteiger charge is 2.20. The Kier molecular flexibility index (Phi) is 3.40. The zero-order valence-corrected chi connectivity index (χ0v) is 10.7. The molecule has 0 spiro atoms. The molecule has 0 atom stereocenters. The standard InChI is InChI=1S/C10H11N3O5S/c1-13-6-8(4-9(13)10(14)15)19(16,17)12-5-7-2-3-11-18-7/h2-4,6,12H,5H2,1H3,(H,14,15). The van der Waals surface area contributed by atoms with Gasteiger partial charge in [-0.25, -0.2) is 17.9 Å². The first-order chi connectivity index (χ1) is 8.90. The van der Waals surface area contributed by atoms with Crippen molar-refractivity contribution in [1.82, 2.24) is 14.4 Å². The van der Waals surface area contributed by atoms with Crippen LogP contribution in [0.25, 0.3) is 0 Å². The van der Waals surface area contributed by atoms with E-state index in [9.17, 15) is 13.2 Å². The molecule has 0 amide bonds. The van der Waals surface area contributed by atoms with Gasteiger partial charge in [0.25, 0.3) is 0 Å². The van der Waals surface area contributed by atoms with E-state index in [1.165, 1.54) is 30.1 Å². The van der Waals surface area contributed by atoms with Gasteiger partial charge in [0.1, 0.15) is 10.6 Å². The predicted molar refractivity (Wildman–Crippen MR) is 62.9 cm³/mol. The molecule has 0 radical (unpaired) electrons. The lowest BCUT2D eigenvalue weighted by molar-refractivity contribution is 0.0686.